The van der Waals surface area contributed by atoms with Crippen molar-refractivity contribution in [2.24, 2.45) is 11.5 Å². The Morgan fingerprint density at radius 1 is 1.00 bits per heavy atom. The summed E-state index contributed by atoms with van der Waals surface area (Å²) in [6.45, 7) is 5.82. The van der Waals surface area contributed by atoms with Crippen molar-refractivity contribution in [1.29, 1.82) is 0 Å². The quantitative estimate of drug-likeness (QED) is 0.487. The minimum absolute atomic E-state index is 0.0937. The first-order valence-electron chi connectivity index (χ1n) is 8.91. The number of aromatic nitrogens is 3. The molecule has 0 aliphatic carbocycles. The molecule has 29 heavy (non-hydrogen) atoms. The van der Waals surface area contributed by atoms with E-state index in [1.165, 1.54) is 6.07 Å². The first-order valence-corrected chi connectivity index (χ1v) is 8.91. The van der Waals surface area contributed by atoms with Crippen LogP contribution < -0.4 is 22.5 Å². The van der Waals surface area contributed by atoms with E-state index >= 15 is 0 Å². The number of benzene rings is 1. The number of nitrogens with two attached hydrogens (primary N) is 3. The van der Waals surface area contributed by atoms with Gasteiger partial charge in [-0.2, -0.15) is 5.10 Å². The molecular weight excluding hydrogens is 370 g/mol. The van der Waals surface area contributed by atoms with Crippen LogP contribution in [0.25, 0.3) is 11.3 Å². The lowest BCUT2D eigenvalue weighted by atomic mass is 10.1. The minimum Gasteiger partial charge on any atom is -0.399 e. The zero-order valence-electron chi connectivity index (χ0n) is 16.4. The molecule has 0 saturated heterocycles. The SMILES string of the molecule is CC(C)(C)n1nc(-c2ccc(N)cc2)c(C(N)=O)c1Nc1cccc(C(N)=O)n1. The Labute approximate surface area is 167 Å². The van der Waals surface area contributed by atoms with Crippen molar-refractivity contribution < 1.29 is 9.59 Å². The lowest BCUT2D eigenvalue weighted by Gasteiger charge is -2.23. The second-order valence-electron chi connectivity index (χ2n) is 7.54. The molecule has 0 saturated carbocycles. The molecule has 0 aliphatic rings. The van der Waals surface area contributed by atoms with Gasteiger partial charge in [-0.1, -0.05) is 18.2 Å². The summed E-state index contributed by atoms with van der Waals surface area (Å²) in [6, 6.07) is 11.8. The van der Waals surface area contributed by atoms with E-state index in [4.69, 9.17) is 17.2 Å². The number of hydrogen-bond donors (Lipinski definition) is 4. The van der Waals surface area contributed by atoms with Crippen LogP contribution in [0, 0.1) is 0 Å². The third-order valence-electron chi connectivity index (χ3n) is 4.20. The van der Waals surface area contributed by atoms with Crippen molar-refractivity contribution >= 4 is 29.1 Å². The summed E-state index contributed by atoms with van der Waals surface area (Å²) in [7, 11) is 0. The molecule has 9 nitrogen and oxygen atoms in total. The van der Waals surface area contributed by atoms with Gasteiger partial charge >= 0.3 is 0 Å². The Morgan fingerprint density at radius 2 is 1.66 bits per heavy atom. The fourth-order valence-electron chi connectivity index (χ4n) is 2.86. The van der Waals surface area contributed by atoms with Gasteiger partial charge in [-0.05, 0) is 45.0 Å². The highest BCUT2D eigenvalue weighted by atomic mass is 16.1. The lowest BCUT2D eigenvalue weighted by Crippen LogP contribution is -2.25. The van der Waals surface area contributed by atoms with Crippen LogP contribution in [-0.2, 0) is 5.54 Å². The molecule has 3 rings (SSSR count). The van der Waals surface area contributed by atoms with Crippen LogP contribution in [0.1, 0.15) is 41.6 Å². The average Bonchev–Trinajstić information content (AvgIpc) is 3.02. The van der Waals surface area contributed by atoms with E-state index in [-0.39, 0.29) is 11.3 Å². The van der Waals surface area contributed by atoms with Crippen molar-refractivity contribution in [3.63, 3.8) is 0 Å². The number of carbonyl (C=O) groups is 2. The standard InChI is InChI=1S/C20H23N7O2/c1-20(2,3)27-19(25-14-6-4-5-13(24-14)17(22)28)15(18(23)29)16(26-27)11-7-9-12(21)10-8-11/h4-10H,21H2,1-3H3,(H2,22,28)(H2,23,29)(H,24,25). The molecule has 0 spiro atoms. The summed E-state index contributed by atoms with van der Waals surface area (Å²) in [4.78, 5) is 28.0. The number of nitrogens with one attached hydrogen (secondary N) is 1. The maximum Gasteiger partial charge on any atom is 0.267 e. The molecule has 2 heterocycles. The molecule has 150 valence electrons. The molecule has 2 amide bonds. The number of primary amides is 2. The van der Waals surface area contributed by atoms with Crippen molar-refractivity contribution in [2.75, 3.05) is 11.1 Å². The third-order valence-corrected chi connectivity index (χ3v) is 4.20. The number of nitrogens with zero attached hydrogens (tertiary/aromatic N) is 3. The molecule has 2 aromatic heterocycles. The molecule has 0 bridgehead atoms. The van der Waals surface area contributed by atoms with Crippen LogP contribution >= 0.6 is 0 Å². The van der Waals surface area contributed by atoms with Gasteiger partial charge in [0, 0.05) is 11.3 Å². The van der Waals surface area contributed by atoms with Crippen molar-refractivity contribution in [3.8, 4) is 11.3 Å². The summed E-state index contributed by atoms with van der Waals surface area (Å²) >= 11 is 0. The van der Waals surface area contributed by atoms with Gasteiger partial charge in [-0.3, -0.25) is 9.59 Å². The highest BCUT2D eigenvalue weighted by molar-refractivity contribution is 6.04. The van der Waals surface area contributed by atoms with Gasteiger partial charge < -0.3 is 22.5 Å². The first kappa shape index (κ1) is 19.9. The Hall–Kier alpha value is -3.88. The maximum atomic E-state index is 12.4. The number of amides is 2. The molecule has 0 radical (unpaired) electrons. The number of nitrogen functional groups attached to an aromatic ring is 1. The average molecular weight is 393 g/mol. The largest absolute Gasteiger partial charge is 0.399 e. The van der Waals surface area contributed by atoms with Crippen molar-refractivity contribution in [2.45, 2.75) is 26.3 Å². The molecule has 7 N–H and O–H groups in total. The van der Waals surface area contributed by atoms with Gasteiger partial charge in [0.05, 0.1) is 5.54 Å². The molecule has 0 fully saturated rings. The van der Waals surface area contributed by atoms with Gasteiger partial charge in [0.15, 0.2) is 0 Å². The summed E-state index contributed by atoms with van der Waals surface area (Å²) in [6.07, 6.45) is 0. The number of pyridine rings is 1. The highest BCUT2D eigenvalue weighted by Gasteiger charge is 2.29. The van der Waals surface area contributed by atoms with E-state index < -0.39 is 17.4 Å². The number of rotatable bonds is 5. The van der Waals surface area contributed by atoms with E-state index in [9.17, 15) is 9.59 Å². The Balaban J connectivity index is 2.21. The molecule has 0 atom stereocenters. The molecule has 1 aromatic carbocycles. The normalized spacial score (nSPS) is 11.3. The van der Waals surface area contributed by atoms with Crippen LogP contribution in [0.15, 0.2) is 42.5 Å². The third kappa shape index (κ3) is 4.03. The maximum absolute atomic E-state index is 12.4. The fraction of sp³-hybridized carbons (Fsp3) is 0.200. The predicted molar refractivity (Wildman–Crippen MR) is 112 cm³/mol. The topological polar surface area (TPSA) is 155 Å². The van der Waals surface area contributed by atoms with E-state index in [1.54, 1.807) is 41.1 Å². The van der Waals surface area contributed by atoms with Gasteiger partial charge in [0.2, 0.25) is 0 Å². The second kappa shape index (κ2) is 7.27. The Kier molecular flexibility index (Phi) is 4.98. The van der Waals surface area contributed by atoms with E-state index in [0.717, 1.165) is 0 Å². The highest BCUT2D eigenvalue weighted by Crippen LogP contribution is 2.34. The zero-order valence-corrected chi connectivity index (χ0v) is 16.4. The van der Waals surface area contributed by atoms with Crippen LogP contribution in [0.4, 0.5) is 17.3 Å². The second-order valence-corrected chi connectivity index (χ2v) is 7.54. The predicted octanol–water partition coefficient (Wildman–Crippen LogP) is 2.22. The number of anilines is 3. The Bertz CT molecular complexity index is 1080. The number of carbonyl (C=O) groups excluding carboxylic acids is 2. The van der Waals surface area contributed by atoms with Crippen molar-refractivity contribution in [1.82, 2.24) is 14.8 Å². The lowest BCUT2D eigenvalue weighted by molar-refractivity contribution is 0.0989. The van der Waals surface area contributed by atoms with Gasteiger partial charge in [-0.25, -0.2) is 9.67 Å². The van der Waals surface area contributed by atoms with Gasteiger partial charge in [0.1, 0.15) is 28.6 Å². The van der Waals surface area contributed by atoms with Crippen LogP contribution in [0.3, 0.4) is 0 Å². The molecule has 0 aliphatic heterocycles. The summed E-state index contributed by atoms with van der Waals surface area (Å²) < 4.78 is 1.66. The van der Waals surface area contributed by atoms with Crippen LogP contribution in [0.5, 0.6) is 0 Å². The Morgan fingerprint density at radius 3 is 2.21 bits per heavy atom. The molecule has 9 heteroatoms. The monoisotopic (exact) mass is 393 g/mol. The fourth-order valence-corrected chi connectivity index (χ4v) is 2.86. The van der Waals surface area contributed by atoms with E-state index in [2.05, 4.69) is 15.4 Å². The number of hydrogen-bond acceptors (Lipinski definition) is 6. The smallest absolute Gasteiger partial charge is 0.267 e. The van der Waals surface area contributed by atoms with Gasteiger partial charge in [-0.15, -0.1) is 0 Å². The summed E-state index contributed by atoms with van der Waals surface area (Å²) in [5.41, 5.74) is 18.3. The first-order chi connectivity index (χ1) is 13.6. The van der Waals surface area contributed by atoms with E-state index in [1.807, 2.05) is 20.8 Å². The molecule has 0 unspecified atom stereocenters. The minimum atomic E-state index is -0.657. The summed E-state index contributed by atoms with van der Waals surface area (Å²) in [5.74, 6) is -0.611. The van der Waals surface area contributed by atoms with Crippen LogP contribution in [-0.4, -0.2) is 26.6 Å². The van der Waals surface area contributed by atoms with Crippen LogP contribution in [0.2, 0.25) is 0 Å². The zero-order chi connectivity index (χ0) is 21.3. The van der Waals surface area contributed by atoms with Crippen molar-refractivity contribution in [3.05, 3.63) is 53.7 Å². The molecular formula is C20H23N7O2. The van der Waals surface area contributed by atoms with E-state index in [0.29, 0.717) is 28.6 Å². The molecule has 3 aromatic rings. The summed E-state index contributed by atoms with van der Waals surface area (Å²) in [5, 5.41) is 7.73. The van der Waals surface area contributed by atoms with Gasteiger partial charge in [0.25, 0.3) is 11.8 Å².